The van der Waals surface area contributed by atoms with Gasteiger partial charge in [0.2, 0.25) is 0 Å². The predicted molar refractivity (Wildman–Crippen MR) is 118 cm³/mol. The SMILES string of the molecule is COc1ccc(-c2[nH]nc3c2[C@H](c2ccccc2)C2=C(CC(C)(C)CC2=O)N3)cc1. The second-order valence-corrected chi connectivity index (χ2v) is 8.89. The second-order valence-electron chi connectivity index (χ2n) is 8.89. The van der Waals surface area contributed by atoms with Crippen LogP contribution >= 0.6 is 0 Å². The molecule has 0 unspecified atom stereocenters. The normalized spacial score (nSPS) is 19.7. The van der Waals surface area contributed by atoms with E-state index in [4.69, 9.17) is 4.74 Å². The van der Waals surface area contributed by atoms with E-state index in [1.165, 1.54) is 0 Å². The van der Waals surface area contributed by atoms with Crippen molar-refractivity contribution in [2.45, 2.75) is 32.6 Å². The number of aromatic nitrogens is 2. The van der Waals surface area contributed by atoms with Gasteiger partial charge in [0.15, 0.2) is 11.6 Å². The molecule has 5 heteroatoms. The third-order valence-corrected chi connectivity index (χ3v) is 6.08. The number of ether oxygens (including phenoxy) is 1. The number of hydrogen-bond donors (Lipinski definition) is 2. The second kappa shape index (κ2) is 6.87. The average molecular weight is 399 g/mol. The molecule has 5 nitrogen and oxygen atoms in total. The lowest BCUT2D eigenvalue weighted by atomic mass is 9.69. The van der Waals surface area contributed by atoms with Crippen LogP contribution in [-0.2, 0) is 4.79 Å². The minimum atomic E-state index is -0.142. The van der Waals surface area contributed by atoms with Crippen LogP contribution in [0.3, 0.4) is 0 Å². The molecule has 152 valence electrons. The van der Waals surface area contributed by atoms with Crippen molar-refractivity contribution in [1.82, 2.24) is 10.2 Å². The molecular formula is C25H25N3O2. The minimum absolute atomic E-state index is 0.0588. The van der Waals surface area contributed by atoms with Crippen molar-refractivity contribution in [2.75, 3.05) is 12.4 Å². The topological polar surface area (TPSA) is 67.0 Å². The first kappa shape index (κ1) is 18.7. The number of rotatable bonds is 3. The molecule has 1 aliphatic carbocycles. The molecule has 0 saturated carbocycles. The van der Waals surface area contributed by atoms with Gasteiger partial charge in [-0.2, -0.15) is 5.10 Å². The average Bonchev–Trinajstić information content (AvgIpc) is 3.15. The number of H-pyrrole nitrogens is 1. The van der Waals surface area contributed by atoms with Crippen molar-refractivity contribution in [2.24, 2.45) is 5.41 Å². The molecule has 2 aliphatic rings. The molecule has 0 spiro atoms. The fourth-order valence-corrected chi connectivity index (χ4v) is 4.75. The molecule has 0 fully saturated rings. The molecule has 1 aliphatic heterocycles. The van der Waals surface area contributed by atoms with Gasteiger partial charge in [0.25, 0.3) is 0 Å². The number of carbonyl (C=O) groups excluding carboxylic acids is 1. The van der Waals surface area contributed by atoms with Gasteiger partial charge in [-0.3, -0.25) is 9.89 Å². The van der Waals surface area contributed by atoms with Crippen LogP contribution in [-0.4, -0.2) is 23.1 Å². The Bertz CT molecular complexity index is 1140. The van der Waals surface area contributed by atoms with Crippen LogP contribution in [0.1, 0.15) is 43.7 Å². The Labute approximate surface area is 176 Å². The number of anilines is 1. The van der Waals surface area contributed by atoms with E-state index in [0.717, 1.165) is 51.6 Å². The molecule has 1 aromatic heterocycles. The number of hydrogen-bond acceptors (Lipinski definition) is 4. The van der Waals surface area contributed by atoms with E-state index in [1.807, 2.05) is 42.5 Å². The standard InChI is InChI=1S/C25H25N3O2/c1-25(2)13-18-21(19(29)14-25)20(15-7-5-4-6-8-15)22-23(27-28-24(22)26-18)16-9-11-17(30-3)12-10-16/h4-12,20H,13-14H2,1-3H3,(H2,26,27,28)/t20-/m1/s1. The first-order valence-electron chi connectivity index (χ1n) is 10.3. The molecule has 3 aromatic rings. The minimum Gasteiger partial charge on any atom is -0.497 e. The van der Waals surface area contributed by atoms with Crippen LogP contribution in [0.5, 0.6) is 5.75 Å². The zero-order valence-electron chi connectivity index (χ0n) is 17.5. The fourth-order valence-electron chi connectivity index (χ4n) is 4.75. The van der Waals surface area contributed by atoms with Gasteiger partial charge in [0.05, 0.1) is 12.8 Å². The van der Waals surface area contributed by atoms with E-state index in [2.05, 4.69) is 41.5 Å². The van der Waals surface area contributed by atoms with Crippen LogP contribution < -0.4 is 10.1 Å². The Morgan fingerprint density at radius 2 is 1.77 bits per heavy atom. The van der Waals surface area contributed by atoms with Crippen LogP contribution in [0, 0.1) is 5.41 Å². The summed E-state index contributed by atoms with van der Waals surface area (Å²) in [6, 6.07) is 18.2. The number of carbonyl (C=O) groups is 1. The summed E-state index contributed by atoms with van der Waals surface area (Å²) in [4.78, 5) is 13.3. The summed E-state index contributed by atoms with van der Waals surface area (Å²) in [6.07, 6.45) is 1.39. The molecular weight excluding hydrogens is 374 g/mol. The van der Waals surface area contributed by atoms with E-state index in [0.29, 0.717) is 6.42 Å². The molecule has 30 heavy (non-hydrogen) atoms. The largest absolute Gasteiger partial charge is 0.497 e. The van der Waals surface area contributed by atoms with Gasteiger partial charge in [-0.05, 0) is 41.7 Å². The van der Waals surface area contributed by atoms with E-state index >= 15 is 0 Å². The Kier molecular flexibility index (Phi) is 4.28. The maximum atomic E-state index is 13.3. The molecule has 0 bridgehead atoms. The lowest BCUT2D eigenvalue weighted by molar-refractivity contribution is -0.118. The molecule has 0 radical (unpaired) electrons. The zero-order valence-corrected chi connectivity index (χ0v) is 17.5. The molecule has 1 atom stereocenters. The molecule has 0 saturated heterocycles. The molecule has 2 heterocycles. The zero-order chi connectivity index (χ0) is 20.9. The van der Waals surface area contributed by atoms with Crippen molar-refractivity contribution < 1.29 is 9.53 Å². The third kappa shape index (κ3) is 3.02. The fraction of sp³-hybridized carbons (Fsp3) is 0.280. The number of Topliss-reactive ketones (excluding diaryl/α,β-unsaturated/α-hetero) is 1. The number of benzene rings is 2. The summed E-state index contributed by atoms with van der Waals surface area (Å²) in [6.45, 7) is 4.30. The quantitative estimate of drug-likeness (QED) is 0.628. The van der Waals surface area contributed by atoms with Gasteiger partial charge in [0, 0.05) is 34.7 Å². The van der Waals surface area contributed by atoms with Crippen molar-refractivity contribution in [1.29, 1.82) is 0 Å². The number of ketones is 1. The van der Waals surface area contributed by atoms with Crippen LogP contribution in [0.25, 0.3) is 11.3 Å². The van der Waals surface area contributed by atoms with E-state index in [9.17, 15) is 4.79 Å². The first-order valence-corrected chi connectivity index (χ1v) is 10.3. The Balaban J connectivity index is 1.70. The number of allylic oxidation sites excluding steroid dienone is 2. The van der Waals surface area contributed by atoms with Gasteiger partial charge in [-0.25, -0.2) is 0 Å². The van der Waals surface area contributed by atoms with E-state index in [-0.39, 0.29) is 17.1 Å². The van der Waals surface area contributed by atoms with Gasteiger partial charge in [-0.1, -0.05) is 44.2 Å². The van der Waals surface area contributed by atoms with Gasteiger partial charge >= 0.3 is 0 Å². The maximum absolute atomic E-state index is 13.3. The Morgan fingerprint density at radius 1 is 1.03 bits per heavy atom. The lowest BCUT2D eigenvalue weighted by Gasteiger charge is -2.38. The van der Waals surface area contributed by atoms with Crippen molar-refractivity contribution >= 4 is 11.6 Å². The highest BCUT2D eigenvalue weighted by Gasteiger charge is 2.42. The van der Waals surface area contributed by atoms with Crippen molar-refractivity contribution in [3.63, 3.8) is 0 Å². The molecule has 2 aromatic carbocycles. The van der Waals surface area contributed by atoms with Gasteiger partial charge in [-0.15, -0.1) is 0 Å². The van der Waals surface area contributed by atoms with E-state index < -0.39 is 0 Å². The highest BCUT2D eigenvalue weighted by molar-refractivity contribution is 6.02. The van der Waals surface area contributed by atoms with Crippen LogP contribution in [0.2, 0.25) is 0 Å². The summed E-state index contributed by atoms with van der Waals surface area (Å²) in [5, 5.41) is 11.3. The summed E-state index contributed by atoms with van der Waals surface area (Å²) >= 11 is 0. The third-order valence-electron chi connectivity index (χ3n) is 6.08. The molecule has 0 amide bonds. The lowest BCUT2D eigenvalue weighted by Crippen LogP contribution is -2.33. The molecule has 5 rings (SSSR count). The Morgan fingerprint density at radius 3 is 2.47 bits per heavy atom. The summed E-state index contributed by atoms with van der Waals surface area (Å²) in [5.41, 5.74) is 5.90. The highest BCUT2D eigenvalue weighted by Crippen LogP contribution is 2.50. The molecule has 2 N–H and O–H groups in total. The van der Waals surface area contributed by atoms with Crippen molar-refractivity contribution in [3.05, 3.63) is 77.0 Å². The smallest absolute Gasteiger partial charge is 0.162 e. The summed E-state index contributed by atoms with van der Waals surface area (Å²) in [5.74, 6) is 1.69. The summed E-state index contributed by atoms with van der Waals surface area (Å²) in [7, 11) is 1.66. The van der Waals surface area contributed by atoms with Gasteiger partial charge in [0.1, 0.15) is 5.75 Å². The number of methoxy groups -OCH3 is 1. The first-order chi connectivity index (χ1) is 14.5. The number of fused-ring (bicyclic) bond motifs is 1. The van der Waals surface area contributed by atoms with Crippen molar-refractivity contribution in [3.8, 4) is 17.0 Å². The Hall–Kier alpha value is -3.34. The predicted octanol–water partition coefficient (Wildman–Crippen LogP) is 5.29. The number of nitrogens with one attached hydrogen (secondary N) is 2. The van der Waals surface area contributed by atoms with E-state index in [1.54, 1.807) is 7.11 Å². The monoisotopic (exact) mass is 399 g/mol. The van der Waals surface area contributed by atoms with Crippen LogP contribution in [0.4, 0.5) is 5.82 Å². The number of nitrogens with zero attached hydrogens (tertiary/aromatic N) is 1. The highest BCUT2D eigenvalue weighted by atomic mass is 16.5. The number of aromatic amines is 1. The van der Waals surface area contributed by atoms with Crippen LogP contribution in [0.15, 0.2) is 65.9 Å². The van der Waals surface area contributed by atoms with Gasteiger partial charge < -0.3 is 10.1 Å². The summed E-state index contributed by atoms with van der Waals surface area (Å²) < 4.78 is 5.30. The maximum Gasteiger partial charge on any atom is 0.162 e.